The van der Waals surface area contributed by atoms with Crippen LogP contribution in [0, 0.1) is 11.3 Å². The predicted octanol–water partition coefficient (Wildman–Crippen LogP) is 4.20. The van der Waals surface area contributed by atoms with Gasteiger partial charge in [0.1, 0.15) is 23.4 Å². The molecule has 1 aromatic carbocycles. The maximum Gasteiger partial charge on any atom is 0.289 e. The molecule has 1 spiro atoms. The van der Waals surface area contributed by atoms with Crippen LogP contribution in [-0.4, -0.2) is 77.7 Å². The van der Waals surface area contributed by atoms with Crippen LogP contribution in [0.15, 0.2) is 24.3 Å². The minimum absolute atomic E-state index is 0.0110. The Balaban J connectivity index is 1.43. The second-order valence-corrected chi connectivity index (χ2v) is 15.8. The Kier molecular flexibility index (Phi) is 11.8. The van der Waals surface area contributed by atoms with Gasteiger partial charge in [-0.05, 0) is 67.7 Å². The lowest BCUT2D eigenvalue weighted by Gasteiger charge is -2.36. The standard InChI is InChI=1S/C37H52ClN5O7/c1-6-10-26(31(45)34(47)39-24-14-15-24)40-33(46)28-20-37(19-27(42-50-37)25-18-23(38)13-16-29(25)49-5)21-43(28)35(48)32(36(2,3)4)41-30(44)17-22-11-8-7-9-12-22/h13,16,18-19,22,24,26,28,32,42H,6-12,14-15,17,20-21H2,1-5H3,(H,39,47)(H,40,46)(H,41,44)/t26-,28-,32+,37+/m0/s1. The van der Waals surface area contributed by atoms with Crippen molar-refractivity contribution in [3.05, 3.63) is 34.9 Å². The smallest absolute Gasteiger partial charge is 0.289 e. The summed E-state index contributed by atoms with van der Waals surface area (Å²) in [6, 6.07) is 2.10. The van der Waals surface area contributed by atoms with Crippen molar-refractivity contribution in [3.63, 3.8) is 0 Å². The van der Waals surface area contributed by atoms with Gasteiger partial charge in [0, 0.05) is 29.5 Å². The number of carbonyl (C=O) groups is 5. The van der Waals surface area contributed by atoms with Gasteiger partial charge in [0.25, 0.3) is 5.91 Å². The van der Waals surface area contributed by atoms with Gasteiger partial charge in [-0.1, -0.05) is 65.0 Å². The Morgan fingerprint density at radius 2 is 1.80 bits per heavy atom. The van der Waals surface area contributed by atoms with Crippen molar-refractivity contribution in [2.45, 2.75) is 128 Å². The van der Waals surface area contributed by atoms with Crippen LogP contribution in [0.3, 0.4) is 0 Å². The fourth-order valence-electron chi connectivity index (χ4n) is 7.20. The summed E-state index contributed by atoms with van der Waals surface area (Å²) >= 11 is 6.32. The molecule has 0 unspecified atom stereocenters. The molecule has 3 fully saturated rings. The SMILES string of the molecule is CCC[C@H](NC(=O)[C@@H]1C[C@]2(C=C(c3cc(Cl)ccc3OC)NO2)CN1C(=O)[C@@H](NC(=O)CC1CCCCC1)C(C)(C)C)C(=O)C(=O)NC1CC1. The molecular weight excluding hydrogens is 662 g/mol. The molecule has 12 nitrogen and oxygen atoms in total. The summed E-state index contributed by atoms with van der Waals surface area (Å²) in [6.07, 6.45) is 10.0. The minimum Gasteiger partial charge on any atom is -0.496 e. The van der Waals surface area contributed by atoms with Crippen molar-refractivity contribution in [1.82, 2.24) is 26.3 Å². The predicted molar refractivity (Wildman–Crippen MR) is 189 cm³/mol. The highest BCUT2D eigenvalue weighted by atomic mass is 35.5. The first-order chi connectivity index (χ1) is 23.7. The summed E-state index contributed by atoms with van der Waals surface area (Å²) in [4.78, 5) is 75.7. The molecule has 274 valence electrons. The molecule has 50 heavy (non-hydrogen) atoms. The van der Waals surface area contributed by atoms with E-state index in [1.807, 2.05) is 33.8 Å². The fourth-order valence-corrected chi connectivity index (χ4v) is 7.37. The van der Waals surface area contributed by atoms with Crippen molar-refractivity contribution >= 4 is 46.7 Å². The van der Waals surface area contributed by atoms with Crippen LogP contribution in [0.5, 0.6) is 5.75 Å². The number of nitrogens with one attached hydrogen (secondary N) is 4. The molecule has 2 aliphatic heterocycles. The van der Waals surface area contributed by atoms with Crippen LogP contribution in [0.4, 0.5) is 0 Å². The highest BCUT2D eigenvalue weighted by Crippen LogP contribution is 2.41. The number of amides is 4. The normalized spacial score (nSPS) is 23.4. The third-order valence-corrected chi connectivity index (χ3v) is 10.4. The molecular formula is C37H52ClN5O7. The number of hydrogen-bond acceptors (Lipinski definition) is 8. The Bertz CT molecular complexity index is 1500. The van der Waals surface area contributed by atoms with Gasteiger partial charge < -0.3 is 25.6 Å². The fraction of sp³-hybridized carbons (Fsp3) is 0.649. The number of nitrogens with zero attached hydrogens (tertiary/aromatic N) is 1. The van der Waals surface area contributed by atoms with Gasteiger partial charge in [-0.15, -0.1) is 0 Å². The highest BCUT2D eigenvalue weighted by Gasteiger charge is 2.54. The highest BCUT2D eigenvalue weighted by molar-refractivity contribution is 6.38. The number of benzene rings is 1. The molecule has 0 radical (unpaired) electrons. The average molecular weight is 714 g/mol. The van der Waals surface area contributed by atoms with Crippen LogP contribution in [0.25, 0.3) is 5.70 Å². The molecule has 5 rings (SSSR count). The second-order valence-electron chi connectivity index (χ2n) is 15.4. The summed E-state index contributed by atoms with van der Waals surface area (Å²) in [5, 5.41) is 9.02. The number of likely N-dealkylation sites (tertiary alicyclic amines) is 1. The molecule has 0 aromatic heterocycles. The number of hydroxylamine groups is 1. The lowest BCUT2D eigenvalue weighted by Crippen LogP contribution is -2.59. The Morgan fingerprint density at radius 1 is 1.08 bits per heavy atom. The van der Waals surface area contributed by atoms with Crippen molar-refractivity contribution in [3.8, 4) is 5.75 Å². The van der Waals surface area contributed by atoms with Crippen molar-refractivity contribution in [1.29, 1.82) is 0 Å². The van der Waals surface area contributed by atoms with Crippen LogP contribution < -0.4 is 26.2 Å². The molecule has 2 heterocycles. The molecule has 4 amide bonds. The number of methoxy groups -OCH3 is 1. The van der Waals surface area contributed by atoms with E-state index in [9.17, 15) is 24.0 Å². The minimum atomic E-state index is -1.14. The maximum absolute atomic E-state index is 14.6. The zero-order chi connectivity index (χ0) is 36.2. The zero-order valence-electron chi connectivity index (χ0n) is 29.9. The summed E-state index contributed by atoms with van der Waals surface area (Å²) in [7, 11) is 1.54. The third kappa shape index (κ3) is 8.98. The van der Waals surface area contributed by atoms with E-state index in [1.54, 1.807) is 25.3 Å². The molecule has 0 bridgehead atoms. The second kappa shape index (κ2) is 15.7. The third-order valence-electron chi connectivity index (χ3n) is 10.1. The van der Waals surface area contributed by atoms with Crippen molar-refractivity contribution < 1.29 is 33.5 Å². The van der Waals surface area contributed by atoms with Crippen LogP contribution in [-0.2, 0) is 28.8 Å². The van der Waals surface area contributed by atoms with Crippen LogP contribution in [0.2, 0.25) is 5.02 Å². The number of Topliss-reactive ketones (excluding diaryl/α,β-unsaturated/α-hetero) is 1. The monoisotopic (exact) mass is 713 g/mol. The number of ketones is 1. The number of hydrogen-bond donors (Lipinski definition) is 4. The molecule has 1 aromatic rings. The van der Waals surface area contributed by atoms with E-state index >= 15 is 0 Å². The van der Waals surface area contributed by atoms with Crippen molar-refractivity contribution in [2.75, 3.05) is 13.7 Å². The van der Waals surface area contributed by atoms with Crippen molar-refractivity contribution in [2.24, 2.45) is 11.3 Å². The Morgan fingerprint density at radius 3 is 2.44 bits per heavy atom. The van der Waals surface area contributed by atoms with E-state index in [2.05, 4.69) is 21.4 Å². The lowest BCUT2D eigenvalue weighted by atomic mass is 9.84. The molecule has 2 aliphatic carbocycles. The van der Waals surface area contributed by atoms with Gasteiger partial charge in [-0.25, -0.2) is 0 Å². The largest absolute Gasteiger partial charge is 0.496 e. The molecule has 13 heteroatoms. The number of rotatable bonds is 13. The summed E-state index contributed by atoms with van der Waals surface area (Å²) in [6.45, 7) is 7.49. The van der Waals surface area contributed by atoms with E-state index in [0.717, 1.165) is 38.5 Å². The summed E-state index contributed by atoms with van der Waals surface area (Å²) < 4.78 is 5.55. The lowest BCUT2D eigenvalue weighted by molar-refractivity contribution is -0.145. The number of ether oxygens (including phenoxy) is 1. The number of halogens is 1. The quantitative estimate of drug-likeness (QED) is 0.222. The summed E-state index contributed by atoms with van der Waals surface area (Å²) in [5.74, 6) is -1.80. The number of carbonyl (C=O) groups excluding carboxylic acids is 5. The molecule has 4 N–H and O–H groups in total. The van der Waals surface area contributed by atoms with Gasteiger partial charge in [-0.2, -0.15) is 0 Å². The summed E-state index contributed by atoms with van der Waals surface area (Å²) in [5.41, 5.74) is 2.33. The van der Waals surface area contributed by atoms with E-state index in [1.165, 1.54) is 11.3 Å². The van der Waals surface area contributed by atoms with Gasteiger partial charge in [0.15, 0.2) is 0 Å². The van der Waals surface area contributed by atoms with E-state index in [0.29, 0.717) is 34.9 Å². The van der Waals surface area contributed by atoms with Gasteiger partial charge in [0.05, 0.1) is 25.4 Å². The Hall–Kier alpha value is -3.64. The van der Waals surface area contributed by atoms with Gasteiger partial charge in [0.2, 0.25) is 23.5 Å². The topological polar surface area (TPSA) is 155 Å². The van der Waals surface area contributed by atoms with Gasteiger partial charge >= 0.3 is 0 Å². The first-order valence-corrected chi connectivity index (χ1v) is 18.4. The molecule has 2 saturated carbocycles. The Labute approximate surface area is 299 Å². The molecule has 1 saturated heterocycles. The van der Waals surface area contributed by atoms with E-state index in [4.69, 9.17) is 21.2 Å². The van der Waals surface area contributed by atoms with Gasteiger partial charge in [-0.3, -0.25) is 34.3 Å². The van der Waals surface area contributed by atoms with Crippen LogP contribution >= 0.6 is 11.6 Å². The molecule has 4 aliphatic rings. The van der Waals surface area contributed by atoms with E-state index < -0.39 is 52.6 Å². The molecule has 4 atom stereocenters. The van der Waals surface area contributed by atoms with E-state index in [-0.39, 0.29) is 37.3 Å². The van der Waals surface area contributed by atoms with Crippen LogP contribution in [0.1, 0.15) is 104 Å². The first-order valence-electron chi connectivity index (χ1n) is 18.0. The average Bonchev–Trinajstić information content (AvgIpc) is 3.67. The zero-order valence-corrected chi connectivity index (χ0v) is 30.6. The first kappa shape index (κ1) is 37.6. The maximum atomic E-state index is 14.6.